The molecular formula is C15H21ClO3. The van der Waals surface area contributed by atoms with Crippen LogP contribution in [0, 0.1) is 0 Å². The summed E-state index contributed by atoms with van der Waals surface area (Å²) in [5, 5.41) is 0. The molecular weight excluding hydrogens is 264 g/mol. The number of alkyl halides is 1. The molecule has 106 valence electrons. The minimum absolute atomic E-state index is 0.333. The van der Waals surface area contributed by atoms with Gasteiger partial charge in [0.1, 0.15) is 11.3 Å². The number of carbonyl (C=O) groups is 1. The summed E-state index contributed by atoms with van der Waals surface area (Å²) >= 11 is 5.61. The Morgan fingerprint density at radius 1 is 1.16 bits per heavy atom. The molecule has 0 fully saturated rings. The van der Waals surface area contributed by atoms with E-state index in [2.05, 4.69) is 0 Å². The second kappa shape index (κ2) is 9.68. The Balaban J connectivity index is 2.42. The second-order valence-corrected chi connectivity index (χ2v) is 4.55. The molecule has 0 aliphatic rings. The standard InChI is InChI=1S/C15H21ClO3/c1-2-18-15(17)13-9-5-6-10-14(13)19-12-8-4-3-7-11-16/h5-6,9-10H,2-4,7-8,11-12H2,1H3. The predicted octanol–water partition coefficient (Wildman–Crippen LogP) is 4.04. The average Bonchev–Trinajstić information content (AvgIpc) is 2.43. The Bertz CT molecular complexity index is 379. The van der Waals surface area contributed by atoms with Gasteiger partial charge in [-0.1, -0.05) is 25.0 Å². The van der Waals surface area contributed by atoms with Gasteiger partial charge in [0.2, 0.25) is 0 Å². The fraction of sp³-hybridized carbons (Fsp3) is 0.533. The van der Waals surface area contributed by atoms with Crippen molar-refractivity contribution >= 4 is 17.6 Å². The van der Waals surface area contributed by atoms with Gasteiger partial charge in [-0.15, -0.1) is 11.6 Å². The molecule has 0 saturated carbocycles. The molecule has 0 aliphatic heterocycles. The van der Waals surface area contributed by atoms with Crippen LogP contribution in [0.3, 0.4) is 0 Å². The van der Waals surface area contributed by atoms with E-state index >= 15 is 0 Å². The number of para-hydroxylation sites is 1. The summed E-state index contributed by atoms with van der Waals surface area (Å²) in [6.07, 6.45) is 4.22. The number of unbranched alkanes of at least 4 members (excludes halogenated alkanes) is 3. The molecule has 3 nitrogen and oxygen atoms in total. The van der Waals surface area contributed by atoms with Gasteiger partial charge in [0.25, 0.3) is 0 Å². The Morgan fingerprint density at radius 3 is 2.63 bits per heavy atom. The van der Waals surface area contributed by atoms with E-state index in [1.807, 2.05) is 6.07 Å². The molecule has 0 atom stereocenters. The van der Waals surface area contributed by atoms with E-state index in [0.29, 0.717) is 30.4 Å². The molecule has 0 unspecified atom stereocenters. The molecule has 1 rings (SSSR count). The number of carbonyl (C=O) groups excluding carboxylic acids is 1. The molecule has 0 aliphatic carbocycles. The van der Waals surface area contributed by atoms with E-state index in [1.165, 1.54) is 0 Å². The summed E-state index contributed by atoms with van der Waals surface area (Å²) in [6.45, 7) is 2.77. The topological polar surface area (TPSA) is 35.5 Å². The van der Waals surface area contributed by atoms with Crippen LogP contribution in [-0.4, -0.2) is 25.1 Å². The molecule has 0 saturated heterocycles. The van der Waals surface area contributed by atoms with E-state index in [-0.39, 0.29) is 5.97 Å². The summed E-state index contributed by atoms with van der Waals surface area (Å²) in [4.78, 5) is 11.7. The van der Waals surface area contributed by atoms with Crippen LogP contribution in [-0.2, 0) is 4.74 Å². The lowest BCUT2D eigenvalue weighted by molar-refractivity contribution is 0.0521. The van der Waals surface area contributed by atoms with Crippen molar-refractivity contribution in [3.63, 3.8) is 0 Å². The number of hydrogen-bond acceptors (Lipinski definition) is 3. The molecule has 1 aromatic rings. The molecule has 1 aromatic carbocycles. The molecule has 0 bridgehead atoms. The van der Waals surface area contributed by atoms with Gasteiger partial charge in [0, 0.05) is 5.88 Å². The van der Waals surface area contributed by atoms with Gasteiger partial charge in [-0.05, 0) is 31.9 Å². The van der Waals surface area contributed by atoms with Gasteiger partial charge in [-0.25, -0.2) is 4.79 Å². The highest BCUT2D eigenvalue weighted by Crippen LogP contribution is 2.19. The van der Waals surface area contributed by atoms with Crippen molar-refractivity contribution in [2.45, 2.75) is 32.6 Å². The third-order valence-electron chi connectivity index (χ3n) is 2.67. The van der Waals surface area contributed by atoms with E-state index < -0.39 is 0 Å². The van der Waals surface area contributed by atoms with Crippen LogP contribution in [0.2, 0.25) is 0 Å². The molecule has 0 radical (unpaired) electrons. The number of hydrogen-bond donors (Lipinski definition) is 0. The second-order valence-electron chi connectivity index (χ2n) is 4.17. The largest absolute Gasteiger partial charge is 0.493 e. The van der Waals surface area contributed by atoms with Crippen molar-refractivity contribution in [2.75, 3.05) is 19.1 Å². The van der Waals surface area contributed by atoms with Crippen LogP contribution < -0.4 is 4.74 Å². The zero-order valence-corrected chi connectivity index (χ0v) is 12.1. The van der Waals surface area contributed by atoms with E-state index in [0.717, 1.165) is 25.7 Å². The Morgan fingerprint density at radius 2 is 1.89 bits per heavy atom. The Kier molecular flexibility index (Phi) is 8.07. The molecule has 0 heterocycles. The van der Waals surface area contributed by atoms with Crippen molar-refractivity contribution in [1.82, 2.24) is 0 Å². The molecule has 0 spiro atoms. The van der Waals surface area contributed by atoms with Gasteiger partial charge in [-0.2, -0.15) is 0 Å². The lowest BCUT2D eigenvalue weighted by Gasteiger charge is -2.10. The van der Waals surface area contributed by atoms with Gasteiger partial charge < -0.3 is 9.47 Å². The van der Waals surface area contributed by atoms with Gasteiger partial charge in [0.15, 0.2) is 0 Å². The first-order valence-electron chi connectivity index (χ1n) is 6.74. The normalized spacial score (nSPS) is 10.2. The monoisotopic (exact) mass is 284 g/mol. The van der Waals surface area contributed by atoms with Crippen molar-refractivity contribution in [2.24, 2.45) is 0 Å². The fourth-order valence-corrected chi connectivity index (χ4v) is 1.89. The number of halogens is 1. The molecule has 19 heavy (non-hydrogen) atoms. The third kappa shape index (κ3) is 5.97. The highest BCUT2D eigenvalue weighted by atomic mass is 35.5. The van der Waals surface area contributed by atoms with Crippen molar-refractivity contribution in [1.29, 1.82) is 0 Å². The molecule has 4 heteroatoms. The molecule has 0 amide bonds. The maximum Gasteiger partial charge on any atom is 0.341 e. The molecule has 0 N–H and O–H groups in total. The highest BCUT2D eigenvalue weighted by Gasteiger charge is 2.12. The minimum Gasteiger partial charge on any atom is -0.493 e. The van der Waals surface area contributed by atoms with Gasteiger partial charge in [-0.3, -0.25) is 0 Å². The van der Waals surface area contributed by atoms with Crippen LogP contribution >= 0.6 is 11.6 Å². The summed E-state index contributed by atoms with van der Waals surface area (Å²) in [5.41, 5.74) is 0.491. The van der Waals surface area contributed by atoms with Gasteiger partial charge in [0.05, 0.1) is 13.2 Å². The van der Waals surface area contributed by atoms with Crippen LogP contribution in [0.5, 0.6) is 5.75 Å². The number of rotatable bonds is 9. The predicted molar refractivity (Wildman–Crippen MR) is 77.1 cm³/mol. The van der Waals surface area contributed by atoms with E-state index in [9.17, 15) is 4.79 Å². The summed E-state index contributed by atoms with van der Waals surface area (Å²) in [6, 6.07) is 7.18. The number of ether oxygens (including phenoxy) is 2. The highest BCUT2D eigenvalue weighted by molar-refractivity contribution is 6.17. The van der Waals surface area contributed by atoms with E-state index in [4.69, 9.17) is 21.1 Å². The zero-order valence-electron chi connectivity index (χ0n) is 11.4. The minimum atomic E-state index is -0.333. The molecule has 0 aromatic heterocycles. The number of esters is 1. The smallest absolute Gasteiger partial charge is 0.341 e. The van der Waals surface area contributed by atoms with Crippen LogP contribution in [0.25, 0.3) is 0 Å². The van der Waals surface area contributed by atoms with Crippen LogP contribution in [0.4, 0.5) is 0 Å². The number of benzene rings is 1. The zero-order chi connectivity index (χ0) is 13.9. The van der Waals surface area contributed by atoms with Crippen molar-refractivity contribution in [3.05, 3.63) is 29.8 Å². The van der Waals surface area contributed by atoms with Crippen molar-refractivity contribution in [3.8, 4) is 5.75 Å². The fourth-order valence-electron chi connectivity index (χ4n) is 1.70. The first-order chi connectivity index (χ1) is 9.29. The summed E-state index contributed by atoms with van der Waals surface area (Å²) in [7, 11) is 0. The Hall–Kier alpha value is -1.22. The quantitative estimate of drug-likeness (QED) is 0.390. The van der Waals surface area contributed by atoms with Crippen LogP contribution in [0.1, 0.15) is 43.0 Å². The maximum atomic E-state index is 11.7. The van der Waals surface area contributed by atoms with Gasteiger partial charge >= 0.3 is 5.97 Å². The summed E-state index contributed by atoms with van der Waals surface area (Å²) < 4.78 is 10.6. The van der Waals surface area contributed by atoms with E-state index in [1.54, 1.807) is 25.1 Å². The Labute approximate surface area is 119 Å². The maximum absolute atomic E-state index is 11.7. The van der Waals surface area contributed by atoms with Crippen LogP contribution in [0.15, 0.2) is 24.3 Å². The summed E-state index contributed by atoms with van der Waals surface area (Å²) in [5.74, 6) is 0.977. The van der Waals surface area contributed by atoms with Crippen molar-refractivity contribution < 1.29 is 14.3 Å². The lowest BCUT2D eigenvalue weighted by Crippen LogP contribution is -2.08. The lowest BCUT2D eigenvalue weighted by atomic mass is 10.2. The average molecular weight is 285 g/mol. The first-order valence-corrected chi connectivity index (χ1v) is 7.28. The SMILES string of the molecule is CCOC(=O)c1ccccc1OCCCCCCCl. The first kappa shape index (κ1) is 15.8. The third-order valence-corrected chi connectivity index (χ3v) is 2.94.